The van der Waals surface area contributed by atoms with Crippen molar-refractivity contribution in [2.24, 2.45) is 0 Å². The lowest BCUT2D eigenvalue weighted by Gasteiger charge is -2.15. The van der Waals surface area contributed by atoms with E-state index in [0.717, 1.165) is 16.6 Å². The van der Waals surface area contributed by atoms with Crippen LogP contribution in [0.2, 0.25) is 0 Å². The van der Waals surface area contributed by atoms with Gasteiger partial charge in [0.05, 0.1) is 16.7 Å². The van der Waals surface area contributed by atoms with Crippen molar-refractivity contribution in [3.05, 3.63) is 114 Å². The molecule has 184 valence electrons. The summed E-state index contributed by atoms with van der Waals surface area (Å²) in [5, 5.41) is 0. The summed E-state index contributed by atoms with van der Waals surface area (Å²) in [7, 11) is 0. The summed E-state index contributed by atoms with van der Waals surface area (Å²) >= 11 is 0. The Hall–Kier alpha value is -4.77. The zero-order valence-corrected chi connectivity index (χ0v) is 21.9. The number of nitrogens with zero attached hydrogens (tertiary/aromatic N) is 5. The molecule has 0 fully saturated rings. The lowest BCUT2D eigenvalue weighted by molar-refractivity contribution is 1.09. The van der Waals surface area contributed by atoms with Gasteiger partial charge in [0.2, 0.25) is 0 Å². The van der Waals surface area contributed by atoms with E-state index >= 15 is 0 Å². The lowest BCUT2D eigenvalue weighted by Crippen LogP contribution is -1.99. The maximum Gasteiger partial charge on any atom is 0.178 e. The van der Waals surface area contributed by atoms with Crippen molar-refractivity contribution in [2.45, 2.75) is 27.7 Å². The zero-order valence-electron chi connectivity index (χ0n) is 21.9. The molecule has 4 heterocycles. The Morgan fingerprint density at radius 3 is 2.24 bits per heavy atom. The van der Waals surface area contributed by atoms with E-state index in [4.69, 9.17) is 0 Å². The fourth-order valence-electron chi connectivity index (χ4n) is 5.86. The van der Waals surface area contributed by atoms with Crippen LogP contribution in [-0.4, -0.2) is 23.9 Å². The summed E-state index contributed by atoms with van der Waals surface area (Å²) in [4.78, 5) is 13.4. The van der Waals surface area contributed by atoms with Gasteiger partial charge in [-0.1, -0.05) is 48.5 Å². The molecule has 7 aromatic rings. The molecule has 0 atom stereocenters. The van der Waals surface area contributed by atoms with E-state index in [1.807, 2.05) is 6.20 Å². The Morgan fingerprint density at radius 1 is 0.658 bits per heavy atom. The van der Waals surface area contributed by atoms with Crippen molar-refractivity contribution >= 4 is 27.8 Å². The second-order valence-electron chi connectivity index (χ2n) is 9.96. The first-order valence-corrected chi connectivity index (χ1v) is 12.9. The molecule has 4 aromatic heterocycles. The summed E-state index contributed by atoms with van der Waals surface area (Å²) in [6.07, 6.45) is 5.30. The van der Waals surface area contributed by atoms with E-state index in [2.05, 4.69) is 124 Å². The summed E-state index contributed by atoms with van der Waals surface area (Å²) in [6, 6.07) is 26.0. The Bertz CT molecular complexity index is 2030. The van der Waals surface area contributed by atoms with Crippen LogP contribution in [0.3, 0.4) is 0 Å². The number of hydrogen-bond donors (Lipinski definition) is 0. The minimum absolute atomic E-state index is 0.661. The van der Waals surface area contributed by atoms with Gasteiger partial charge < -0.3 is 0 Å². The van der Waals surface area contributed by atoms with Crippen molar-refractivity contribution in [3.8, 4) is 27.9 Å². The molecule has 7 rings (SSSR count). The molecule has 0 saturated carbocycles. The molecule has 0 bridgehead atoms. The first-order valence-electron chi connectivity index (χ1n) is 12.9. The lowest BCUT2D eigenvalue weighted by atomic mass is 9.92. The molecule has 0 aliphatic heterocycles. The highest BCUT2D eigenvalue weighted by atomic mass is 15.1. The van der Waals surface area contributed by atoms with E-state index in [-0.39, 0.29) is 0 Å². The molecule has 5 nitrogen and oxygen atoms in total. The SMILES string of the molecule is Cc1ccccc1-n1c2ccccc2n2c(C)c(C)c(-c3cccc(-c4cnc5nccnc5c4)c3C)c12. The number of fused-ring (bicyclic) bond motifs is 4. The molecule has 0 saturated heterocycles. The molecule has 0 spiro atoms. The van der Waals surface area contributed by atoms with E-state index in [0.29, 0.717) is 5.65 Å². The topological polar surface area (TPSA) is 48.0 Å². The molecule has 38 heavy (non-hydrogen) atoms. The smallest absolute Gasteiger partial charge is 0.178 e. The standard InChI is InChI=1S/C33H27N5/c1-20-10-5-6-13-28(20)38-30-15-8-7-14-29(30)37-23(4)21(2)31(33(37)38)26-12-9-11-25(22(26)3)24-18-27-32(36-19-24)35-17-16-34-27/h5-19H,1-4H3. The zero-order chi connectivity index (χ0) is 26.0. The maximum absolute atomic E-state index is 4.58. The normalized spacial score (nSPS) is 11.7. The van der Waals surface area contributed by atoms with Gasteiger partial charge in [-0.25, -0.2) is 9.97 Å². The third-order valence-corrected chi connectivity index (χ3v) is 7.86. The predicted octanol–water partition coefficient (Wildman–Crippen LogP) is 7.79. The van der Waals surface area contributed by atoms with Crippen LogP contribution in [0.5, 0.6) is 0 Å². The number of rotatable bonds is 3. The molecule has 5 heteroatoms. The molecule has 0 radical (unpaired) electrons. The Kier molecular flexibility index (Phi) is 4.95. The molecular weight excluding hydrogens is 466 g/mol. The van der Waals surface area contributed by atoms with Crippen LogP contribution in [0.1, 0.15) is 22.4 Å². The fraction of sp³-hybridized carbons (Fsp3) is 0.121. The van der Waals surface area contributed by atoms with E-state index in [1.54, 1.807) is 12.4 Å². The second kappa shape index (κ2) is 8.38. The van der Waals surface area contributed by atoms with E-state index in [9.17, 15) is 0 Å². The highest BCUT2D eigenvalue weighted by Gasteiger charge is 2.24. The Labute approximate surface area is 221 Å². The van der Waals surface area contributed by atoms with Crippen LogP contribution < -0.4 is 0 Å². The second-order valence-corrected chi connectivity index (χ2v) is 9.96. The summed E-state index contributed by atoms with van der Waals surface area (Å²) in [5.74, 6) is 0. The van der Waals surface area contributed by atoms with Crippen molar-refractivity contribution < 1.29 is 0 Å². The van der Waals surface area contributed by atoms with Crippen LogP contribution >= 0.6 is 0 Å². The Balaban J connectivity index is 1.56. The third kappa shape index (κ3) is 3.15. The molecule has 0 aliphatic rings. The number of para-hydroxylation sites is 3. The first-order chi connectivity index (χ1) is 18.5. The van der Waals surface area contributed by atoms with E-state index in [1.165, 1.54) is 55.9 Å². The van der Waals surface area contributed by atoms with Crippen molar-refractivity contribution in [1.82, 2.24) is 23.9 Å². The quantitative estimate of drug-likeness (QED) is 0.252. The summed E-state index contributed by atoms with van der Waals surface area (Å²) < 4.78 is 4.85. The molecule has 0 N–H and O–H groups in total. The van der Waals surface area contributed by atoms with Gasteiger partial charge in [0.1, 0.15) is 11.2 Å². The summed E-state index contributed by atoms with van der Waals surface area (Å²) in [6.45, 7) is 8.87. The van der Waals surface area contributed by atoms with Gasteiger partial charge in [0.25, 0.3) is 0 Å². The van der Waals surface area contributed by atoms with Crippen LogP contribution in [0.15, 0.2) is 91.4 Å². The molecular formula is C33H27N5. The number of hydrogen-bond acceptors (Lipinski definition) is 3. The average molecular weight is 494 g/mol. The van der Waals surface area contributed by atoms with Gasteiger partial charge >= 0.3 is 0 Å². The van der Waals surface area contributed by atoms with Gasteiger partial charge in [0, 0.05) is 35.4 Å². The third-order valence-electron chi connectivity index (χ3n) is 7.86. The monoisotopic (exact) mass is 493 g/mol. The van der Waals surface area contributed by atoms with Gasteiger partial charge in [-0.05, 0) is 79.8 Å². The van der Waals surface area contributed by atoms with Crippen LogP contribution in [0.4, 0.5) is 0 Å². The summed E-state index contributed by atoms with van der Waals surface area (Å²) in [5.41, 5.74) is 15.9. The number of aromatic nitrogens is 5. The maximum atomic E-state index is 4.58. The molecule has 3 aromatic carbocycles. The number of pyridine rings is 1. The van der Waals surface area contributed by atoms with Crippen molar-refractivity contribution in [1.29, 1.82) is 0 Å². The van der Waals surface area contributed by atoms with Crippen molar-refractivity contribution in [3.63, 3.8) is 0 Å². The number of aryl methyl sites for hydroxylation is 2. The number of benzene rings is 3. The number of imidazole rings is 1. The molecule has 0 amide bonds. The largest absolute Gasteiger partial charge is 0.297 e. The fourth-order valence-corrected chi connectivity index (χ4v) is 5.86. The van der Waals surface area contributed by atoms with Gasteiger partial charge in [-0.3, -0.25) is 14.0 Å². The van der Waals surface area contributed by atoms with Gasteiger partial charge in [0.15, 0.2) is 5.65 Å². The molecule has 0 unspecified atom stereocenters. The van der Waals surface area contributed by atoms with Crippen molar-refractivity contribution in [2.75, 3.05) is 0 Å². The van der Waals surface area contributed by atoms with Gasteiger partial charge in [-0.15, -0.1) is 0 Å². The van der Waals surface area contributed by atoms with Crippen LogP contribution in [0, 0.1) is 27.7 Å². The van der Waals surface area contributed by atoms with Crippen LogP contribution in [-0.2, 0) is 0 Å². The Morgan fingerprint density at radius 2 is 1.39 bits per heavy atom. The van der Waals surface area contributed by atoms with E-state index < -0.39 is 0 Å². The average Bonchev–Trinajstić information content (AvgIpc) is 3.40. The highest BCUT2D eigenvalue weighted by Crippen LogP contribution is 2.42. The highest BCUT2D eigenvalue weighted by molar-refractivity contribution is 5.96. The minimum atomic E-state index is 0.661. The van der Waals surface area contributed by atoms with Crippen LogP contribution in [0.25, 0.3) is 55.8 Å². The first kappa shape index (κ1) is 22.4. The predicted molar refractivity (Wildman–Crippen MR) is 155 cm³/mol. The molecule has 0 aliphatic carbocycles. The minimum Gasteiger partial charge on any atom is -0.297 e. The van der Waals surface area contributed by atoms with Gasteiger partial charge in [-0.2, -0.15) is 0 Å².